The molecule has 3 atom stereocenters. The molecule has 2 N–H and O–H groups in total. The molecule has 0 aliphatic heterocycles. The Morgan fingerprint density at radius 3 is 1.52 bits per heavy atom. The SMILES string of the molecule is CC/C=C/C=C/C=C\CCCCCCCC(=O)OC(/C=C/CCCCCCCCCCCCC)C(COP(=O)(O)OCC[N+](C)(C)C)NC(=O)CCCCC/C=C\CCCCCCCC. The zero-order valence-corrected chi connectivity index (χ0v) is 43.9. The van der Waals surface area contributed by atoms with Crippen LogP contribution in [0.5, 0.6) is 0 Å². The summed E-state index contributed by atoms with van der Waals surface area (Å²) in [6.45, 7) is 6.83. The van der Waals surface area contributed by atoms with Crippen molar-refractivity contribution in [3.63, 3.8) is 0 Å². The Morgan fingerprint density at radius 2 is 1.00 bits per heavy atom. The molecule has 0 rings (SSSR count). The average molecular weight is 934 g/mol. The number of rotatable bonds is 47. The molecule has 0 aliphatic carbocycles. The van der Waals surface area contributed by atoms with Gasteiger partial charge in [-0.05, 0) is 76.7 Å². The van der Waals surface area contributed by atoms with Crippen LogP contribution in [-0.4, -0.2) is 74.3 Å². The number of nitrogens with zero attached hydrogens (tertiary/aromatic N) is 1. The van der Waals surface area contributed by atoms with Gasteiger partial charge in [0, 0.05) is 12.8 Å². The summed E-state index contributed by atoms with van der Waals surface area (Å²) < 4.78 is 30.5. The van der Waals surface area contributed by atoms with E-state index < -0.39 is 20.0 Å². The fraction of sp³-hybridized carbons (Fsp3) is 0.782. The number of likely N-dealkylation sites (N-methyl/N-ethyl adjacent to an activating group) is 1. The summed E-state index contributed by atoms with van der Waals surface area (Å²) in [5, 5.41) is 3.02. The third kappa shape index (κ3) is 46.6. The molecular formula is C55H102N2O7P+. The van der Waals surface area contributed by atoms with E-state index in [1.165, 1.54) is 96.3 Å². The Balaban J connectivity index is 5.49. The van der Waals surface area contributed by atoms with Gasteiger partial charge in [0.25, 0.3) is 0 Å². The molecule has 0 aromatic carbocycles. The summed E-state index contributed by atoms with van der Waals surface area (Å²) in [7, 11) is 1.47. The smallest absolute Gasteiger partial charge is 0.456 e. The van der Waals surface area contributed by atoms with Gasteiger partial charge >= 0.3 is 13.8 Å². The molecule has 10 heteroatoms. The van der Waals surface area contributed by atoms with Crippen LogP contribution in [0.4, 0.5) is 0 Å². The first kappa shape index (κ1) is 62.7. The van der Waals surface area contributed by atoms with Crippen molar-refractivity contribution in [1.29, 1.82) is 0 Å². The number of carbonyl (C=O) groups is 2. The van der Waals surface area contributed by atoms with Crippen molar-refractivity contribution in [2.24, 2.45) is 0 Å². The highest BCUT2D eigenvalue weighted by molar-refractivity contribution is 7.47. The zero-order chi connectivity index (χ0) is 48.0. The molecule has 1 amide bonds. The van der Waals surface area contributed by atoms with Crippen LogP contribution in [0, 0.1) is 0 Å². The van der Waals surface area contributed by atoms with Crippen molar-refractivity contribution in [3.8, 4) is 0 Å². The van der Waals surface area contributed by atoms with Crippen molar-refractivity contribution in [2.75, 3.05) is 40.9 Å². The summed E-state index contributed by atoms with van der Waals surface area (Å²) >= 11 is 0. The summed E-state index contributed by atoms with van der Waals surface area (Å²) in [4.78, 5) is 37.4. The van der Waals surface area contributed by atoms with Gasteiger partial charge in [-0.25, -0.2) is 4.57 Å². The molecule has 0 aromatic rings. The number of quaternary nitrogens is 1. The minimum absolute atomic E-state index is 0.0325. The van der Waals surface area contributed by atoms with Crippen molar-refractivity contribution < 1.29 is 37.3 Å². The summed E-state index contributed by atoms with van der Waals surface area (Å²) in [5.41, 5.74) is 0. The highest BCUT2D eigenvalue weighted by Gasteiger charge is 2.30. The van der Waals surface area contributed by atoms with E-state index in [9.17, 15) is 19.0 Å². The number of hydrogen-bond acceptors (Lipinski definition) is 6. The van der Waals surface area contributed by atoms with E-state index >= 15 is 0 Å². The molecule has 9 nitrogen and oxygen atoms in total. The summed E-state index contributed by atoms with van der Waals surface area (Å²) in [5.74, 6) is -0.550. The first-order chi connectivity index (χ1) is 31.4. The lowest BCUT2D eigenvalue weighted by Gasteiger charge is -2.27. The molecule has 0 saturated carbocycles. The third-order valence-electron chi connectivity index (χ3n) is 11.5. The standard InChI is InChI=1S/C55H101N2O7P/c1-7-10-13-16-19-22-25-28-31-34-37-40-43-46-53(64-55(59)48-45-42-39-36-33-30-27-24-21-18-15-12-9-3)52(51-63-65(60,61)62-50-49-57(4,5)6)56-54(58)47-44-41-38-35-32-29-26-23-20-17-14-11-8-2/h12,15,18,21,24,27,29,32,43,46,52-53H,7-11,13-14,16-17,19-20,22-23,25-26,28,30-31,33-42,44-45,47-51H2,1-6H3,(H-,56,58,60,61)/p+1/b15-12+,21-18+,27-24-,32-29-,46-43+. The van der Waals surface area contributed by atoms with Crippen molar-refractivity contribution in [3.05, 3.63) is 60.8 Å². The average Bonchev–Trinajstić information content (AvgIpc) is 3.26. The van der Waals surface area contributed by atoms with Crippen LogP contribution >= 0.6 is 7.82 Å². The lowest BCUT2D eigenvalue weighted by molar-refractivity contribution is -0.870. The number of esters is 1. The molecule has 3 unspecified atom stereocenters. The molecule has 65 heavy (non-hydrogen) atoms. The maximum atomic E-state index is 13.4. The predicted octanol–water partition coefficient (Wildman–Crippen LogP) is 15.5. The van der Waals surface area contributed by atoms with Gasteiger partial charge in [0.05, 0.1) is 33.8 Å². The maximum Gasteiger partial charge on any atom is 0.472 e. The van der Waals surface area contributed by atoms with E-state index in [-0.39, 0.29) is 31.5 Å². The van der Waals surface area contributed by atoms with Crippen molar-refractivity contribution >= 4 is 19.7 Å². The van der Waals surface area contributed by atoms with E-state index in [0.29, 0.717) is 23.9 Å². The second kappa shape index (κ2) is 45.5. The number of allylic oxidation sites excluding steroid dienone is 9. The molecule has 0 spiro atoms. The molecule has 0 aromatic heterocycles. The van der Waals surface area contributed by atoms with E-state index in [4.69, 9.17) is 13.8 Å². The second-order valence-corrected chi connectivity index (χ2v) is 20.5. The Kier molecular flexibility index (Phi) is 43.9. The quantitative estimate of drug-likeness (QED) is 0.0156. The highest BCUT2D eigenvalue weighted by Crippen LogP contribution is 2.43. The Bertz CT molecular complexity index is 1300. The van der Waals surface area contributed by atoms with Crippen LogP contribution in [0.3, 0.4) is 0 Å². The normalized spacial score (nSPS) is 14.4. The zero-order valence-electron chi connectivity index (χ0n) is 43.0. The van der Waals surface area contributed by atoms with Gasteiger partial charge in [0.15, 0.2) is 0 Å². The molecule has 0 fully saturated rings. The van der Waals surface area contributed by atoms with Crippen LogP contribution in [-0.2, 0) is 27.9 Å². The highest BCUT2D eigenvalue weighted by atomic mass is 31.2. The van der Waals surface area contributed by atoms with Crippen LogP contribution in [0.25, 0.3) is 0 Å². The first-order valence-corrected chi connectivity index (χ1v) is 28.1. The van der Waals surface area contributed by atoms with Gasteiger partial charge in [-0.3, -0.25) is 18.6 Å². The molecule has 0 radical (unpaired) electrons. The third-order valence-corrected chi connectivity index (χ3v) is 12.5. The number of ether oxygens (including phenoxy) is 1. The molecule has 0 bridgehead atoms. The lowest BCUT2D eigenvalue weighted by atomic mass is 10.0. The Labute approximate surface area is 401 Å². The summed E-state index contributed by atoms with van der Waals surface area (Å²) in [6.07, 6.45) is 55.0. The fourth-order valence-electron chi connectivity index (χ4n) is 7.34. The van der Waals surface area contributed by atoms with Gasteiger partial charge < -0.3 is 19.4 Å². The fourth-order valence-corrected chi connectivity index (χ4v) is 8.08. The van der Waals surface area contributed by atoms with Gasteiger partial charge in [-0.2, -0.15) is 0 Å². The number of nitrogens with one attached hydrogen (secondary N) is 1. The first-order valence-electron chi connectivity index (χ1n) is 26.6. The number of phosphoric acid groups is 1. The second-order valence-electron chi connectivity index (χ2n) is 19.1. The van der Waals surface area contributed by atoms with Crippen LogP contribution in [0.1, 0.15) is 226 Å². The molecule has 0 aliphatic rings. The number of amides is 1. The van der Waals surface area contributed by atoms with Gasteiger partial charge in [-0.1, -0.05) is 197 Å². The van der Waals surface area contributed by atoms with Crippen LogP contribution < -0.4 is 5.32 Å². The monoisotopic (exact) mass is 934 g/mol. The Morgan fingerprint density at radius 1 is 0.554 bits per heavy atom. The van der Waals surface area contributed by atoms with Crippen LogP contribution in [0.15, 0.2) is 60.8 Å². The molecule has 0 heterocycles. The van der Waals surface area contributed by atoms with Gasteiger partial charge in [0.1, 0.15) is 19.3 Å². The Hall–Kier alpha value is -2.29. The van der Waals surface area contributed by atoms with E-state index in [1.807, 2.05) is 33.3 Å². The molecule has 378 valence electrons. The van der Waals surface area contributed by atoms with E-state index in [2.05, 4.69) is 74.7 Å². The number of carbonyl (C=O) groups excluding carboxylic acids is 2. The van der Waals surface area contributed by atoms with Crippen LogP contribution in [0.2, 0.25) is 0 Å². The minimum Gasteiger partial charge on any atom is -0.456 e. The minimum atomic E-state index is -4.45. The molecule has 0 saturated heterocycles. The topological polar surface area (TPSA) is 111 Å². The van der Waals surface area contributed by atoms with Crippen molar-refractivity contribution in [1.82, 2.24) is 5.32 Å². The lowest BCUT2D eigenvalue weighted by Crippen LogP contribution is -2.47. The predicted molar refractivity (Wildman–Crippen MR) is 277 cm³/mol. The van der Waals surface area contributed by atoms with Gasteiger partial charge in [-0.15, -0.1) is 0 Å². The number of unbranched alkanes of at least 4 members (excludes halogenated alkanes) is 25. The molecular weight excluding hydrogens is 832 g/mol. The van der Waals surface area contributed by atoms with Gasteiger partial charge in [0.2, 0.25) is 5.91 Å². The largest absolute Gasteiger partial charge is 0.472 e. The van der Waals surface area contributed by atoms with Crippen molar-refractivity contribution in [2.45, 2.75) is 238 Å². The number of phosphoric ester groups is 1. The maximum absolute atomic E-state index is 13.4. The van der Waals surface area contributed by atoms with E-state index in [0.717, 1.165) is 89.9 Å². The van der Waals surface area contributed by atoms with E-state index in [1.54, 1.807) is 0 Å². The number of hydrogen-bond donors (Lipinski definition) is 2. The summed E-state index contributed by atoms with van der Waals surface area (Å²) in [6, 6.07) is -0.863.